The summed E-state index contributed by atoms with van der Waals surface area (Å²) in [6.07, 6.45) is 0.861. The summed E-state index contributed by atoms with van der Waals surface area (Å²) < 4.78 is 10.7. The minimum atomic E-state index is -0.678. The Morgan fingerprint density at radius 2 is 1.76 bits per heavy atom. The number of methoxy groups -OCH3 is 2. The van der Waals surface area contributed by atoms with E-state index in [0.717, 1.165) is 10.9 Å². The number of nitrogens with one attached hydrogen (secondary N) is 1. The van der Waals surface area contributed by atoms with Crippen molar-refractivity contribution in [1.82, 2.24) is 5.32 Å². The molecule has 6 heteroatoms. The van der Waals surface area contributed by atoms with Crippen LogP contribution >= 0.6 is 0 Å². The Bertz CT molecular complexity index is 452. The molecular weight excluding hydrogens is 337 g/mol. The quantitative estimate of drug-likeness (QED) is 0.542. The van der Waals surface area contributed by atoms with Crippen LogP contribution in [0.2, 0.25) is 4.82 Å². The van der Waals surface area contributed by atoms with Crippen molar-refractivity contribution in [2.24, 2.45) is 0 Å². The summed E-state index contributed by atoms with van der Waals surface area (Å²) in [5, 5.41) is 3.10. The van der Waals surface area contributed by atoms with Crippen LogP contribution in [0.25, 0.3) is 0 Å². The second-order valence-electron chi connectivity index (χ2n) is 4.33. The van der Waals surface area contributed by atoms with Gasteiger partial charge in [0.2, 0.25) is 0 Å². The molecule has 0 spiro atoms. The van der Waals surface area contributed by atoms with Crippen molar-refractivity contribution in [2.45, 2.75) is 24.2 Å². The van der Waals surface area contributed by atoms with Crippen LogP contribution in [0.4, 0.5) is 0 Å². The molecule has 0 saturated heterocycles. The van der Waals surface area contributed by atoms with Gasteiger partial charge in [0.1, 0.15) is 0 Å². The van der Waals surface area contributed by atoms with E-state index in [1.165, 1.54) is 14.2 Å². The van der Waals surface area contributed by atoms with Crippen LogP contribution in [0.3, 0.4) is 0 Å². The standard InChI is InChI=1S/C15H21NO4Se/c1-4-10-16-12(14(17)19-2)13(15(18)20-3)21-11-8-6-5-7-9-11/h5-9,12-13,16H,4,10H2,1-3H3/t12-,13-/m0/s1. The molecule has 0 aromatic heterocycles. The Labute approximate surface area is 131 Å². The second kappa shape index (κ2) is 9.55. The Hall–Kier alpha value is -1.36. The van der Waals surface area contributed by atoms with Gasteiger partial charge in [0, 0.05) is 0 Å². The first-order valence-corrected chi connectivity index (χ1v) is 8.59. The first-order chi connectivity index (χ1) is 10.1. The number of ether oxygens (including phenoxy) is 2. The van der Waals surface area contributed by atoms with Crippen LogP contribution in [0.1, 0.15) is 13.3 Å². The van der Waals surface area contributed by atoms with Gasteiger partial charge in [0.05, 0.1) is 0 Å². The SMILES string of the molecule is CCCN[C@H](C(=O)OC)[C@H]([Se]c1ccccc1)C(=O)OC. The monoisotopic (exact) mass is 359 g/mol. The van der Waals surface area contributed by atoms with Gasteiger partial charge in [-0.2, -0.15) is 0 Å². The molecule has 0 heterocycles. The van der Waals surface area contributed by atoms with Crippen LogP contribution in [0.5, 0.6) is 0 Å². The summed E-state index contributed by atoms with van der Waals surface area (Å²) in [4.78, 5) is 23.5. The number of rotatable bonds is 8. The fourth-order valence-electron chi connectivity index (χ4n) is 1.75. The first kappa shape index (κ1) is 17.7. The average Bonchev–Trinajstić information content (AvgIpc) is 2.53. The summed E-state index contributed by atoms with van der Waals surface area (Å²) in [6, 6.07) is 8.96. The molecular formula is C15H21NO4Se. The fourth-order valence-corrected chi connectivity index (χ4v) is 4.15. The van der Waals surface area contributed by atoms with Gasteiger partial charge in [0.15, 0.2) is 0 Å². The van der Waals surface area contributed by atoms with E-state index in [4.69, 9.17) is 9.47 Å². The van der Waals surface area contributed by atoms with E-state index in [-0.39, 0.29) is 15.0 Å². The van der Waals surface area contributed by atoms with Crippen molar-refractivity contribution in [3.05, 3.63) is 30.3 Å². The second-order valence-corrected chi connectivity index (χ2v) is 6.88. The molecule has 1 aromatic carbocycles. The van der Waals surface area contributed by atoms with Crippen LogP contribution in [-0.4, -0.2) is 53.7 Å². The average molecular weight is 358 g/mol. The number of carbonyl (C=O) groups excluding carboxylic acids is 2. The summed E-state index contributed by atoms with van der Waals surface area (Å²) >= 11 is -0.228. The molecule has 0 fully saturated rings. The van der Waals surface area contributed by atoms with E-state index >= 15 is 0 Å². The molecule has 1 rings (SSSR count). The van der Waals surface area contributed by atoms with Crippen molar-refractivity contribution < 1.29 is 19.1 Å². The summed E-state index contributed by atoms with van der Waals surface area (Å²) in [7, 11) is 2.66. The molecule has 1 aromatic rings. The first-order valence-electron chi connectivity index (χ1n) is 6.74. The molecule has 0 saturated carbocycles. The molecule has 0 unspecified atom stereocenters. The maximum atomic E-state index is 12.1. The van der Waals surface area contributed by atoms with Gasteiger partial charge in [-0.05, 0) is 0 Å². The molecule has 2 atom stereocenters. The molecule has 0 amide bonds. The predicted octanol–water partition coefficient (Wildman–Crippen LogP) is 0.519. The molecule has 0 aliphatic carbocycles. The van der Waals surface area contributed by atoms with Gasteiger partial charge >= 0.3 is 131 Å². The predicted molar refractivity (Wildman–Crippen MR) is 81.7 cm³/mol. The third kappa shape index (κ3) is 5.50. The molecule has 1 N–H and O–H groups in total. The van der Waals surface area contributed by atoms with Gasteiger partial charge in [-0.3, -0.25) is 0 Å². The summed E-state index contributed by atoms with van der Waals surface area (Å²) in [5.41, 5.74) is 0. The minimum absolute atomic E-state index is 0.228. The van der Waals surface area contributed by atoms with E-state index in [1.807, 2.05) is 37.3 Å². The van der Waals surface area contributed by atoms with E-state index < -0.39 is 22.8 Å². The van der Waals surface area contributed by atoms with E-state index in [1.54, 1.807) is 0 Å². The van der Waals surface area contributed by atoms with Crippen LogP contribution in [0.15, 0.2) is 30.3 Å². The molecule has 21 heavy (non-hydrogen) atoms. The van der Waals surface area contributed by atoms with E-state index in [9.17, 15) is 9.59 Å². The van der Waals surface area contributed by atoms with E-state index in [0.29, 0.717) is 6.54 Å². The third-order valence-corrected chi connectivity index (χ3v) is 5.46. The van der Waals surface area contributed by atoms with Gasteiger partial charge in [0.25, 0.3) is 0 Å². The van der Waals surface area contributed by atoms with Crippen molar-refractivity contribution in [3.63, 3.8) is 0 Å². The van der Waals surface area contributed by atoms with Crippen molar-refractivity contribution in [1.29, 1.82) is 0 Å². The van der Waals surface area contributed by atoms with Crippen molar-refractivity contribution >= 4 is 31.4 Å². The molecule has 0 aliphatic heterocycles. The van der Waals surface area contributed by atoms with Crippen molar-refractivity contribution in [2.75, 3.05) is 20.8 Å². The number of hydrogen-bond acceptors (Lipinski definition) is 5. The molecule has 0 aliphatic rings. The van der Waals surface area contributed by atoms with E-state index in [2.05, 4.69) is 5.32 Å². The van der Waals surface area contributed by atoms with Crippen molar-refractivity contribution in [3.8, 4) is 0 Å². The van der Waals surface area contributed by atoms with Gasteiger partial charge in [-0.25, -0.2) is 0 Å². The maximum absolute atomic E-state index is 12.1. The molecule has 0 radical (unpaired) electrons. The normalized spacial score (nSPS) is 13.3. The summed E-state index contributed by atoms with van der Waals surface area (Å²) in [6.45, 7) is 2.63. The number of carbonyl (C=O) groups is 2. The topological polar surface area (TPSA) is 64.6 Å². The zero-order chi connectivity index (χ0) is 15.7. The zero-order valence-electron chi connectivity index (χ0n) is 12.5. The Morgan fingerprint density at radius 3 is 2.29 bits per heavy atom. The molecule has 116 valence electrons. The molecule has 5 nitrogen and oxygen atoms in total. The Kier molecular flexibility index (Phi) is 8.05. The molecule has 0 bridgehead atoms. The van der Waals surface area contributed by atoms with Crippen LogP contribution in [-0.2, 0) is 19.1 Å². The summed E-state index contributed by atoms with van der Waals surface area (Å²) in [5.74, 6) is -0.825. The zero-order valence-corrected chi connectivity index (χ0v) is 14.2. The number of hydrogen-bond donors (Lipinski definition) is 1. The fraction of sp³-hybridized carbons (Fsp3) is 0.467. The number of esters is 2. The van der Waals surface area contributed by atoms with Gasteiger partial charge in [-0.1, -0.05) is 0 Å². The Morgan fingerprint density at radius 1 is 1.14 bits per heavy atom. The van der Waals surface area contributed by atoms with Gasteiger partial charge < -0.3 is 0 Å². The Balaban J connectivity index is 2.96. The van der Waals surface area contributed by atoms with Crippen LogP contribution in [0, 0.1) is 0 Å². The number of benzene rings is 1. The van der Waals surface area contributed by atoms with Crippen LogP contribution < -0.4 is 9.78 Å². The van der Waals surface area contributed by atoms with Gasteiger partial charge in [-0.15, -0.1) is 0 Å². The third-order valence-electron chi connectivity index (χ3n) is 2.81.